The maximum absolute atomic E-state index is 12.3. The summed E-state index contributed by atoms with van der Waals surface area (Å²) in [5.74, 6) is -0.00796. The molecule has 1 heterocycles. The Balaban J connectivity index is 2.85. The van der Waals surface area contributed by atoms with Crippen molar-refractivity contribution in [1.82, 2.24) is 4.98 Å². The molecule has 102 valence electrons. The van der Waals surface area contributed by atoms with Crippen LogP contribution in [0.25, 0.3) is 0 Å². The molecule has 0 saturated heterocycles. The van der Waals surface area contributed by atoms with Crippen molar-refractivity contribution in [3.8, 4) is 0 Å². The zero-order chi connectivity index (χ0) is 13.8. The Morgan fingerprint density at radius 3 is 2.39 bits per heavy atom. The van der Waals surface area contributed by atoms with E-state index in [0.29, 0.717) is 11.7 Å². The van der Waals surface area contributed by atoms with Crippen LogP contribution in [0.5, 0.6) is 0 Å². The first-order chi connectivity index (χ1) is 8.52. The van der Waals surface area contributed by atoms with Crippen LogP contribution in [0.3, 0.4) is 0 Å². The van der Waals surface area contributed by atoms with E-state index in [1.54, 1.807) is 0 Å². The Hall–Kier alpha value is -0.940. The number of hydrogen-bond donors (Lipinski definition) is 2. The zero-order valence-corrected chi connectivity index (χ0v) is 12.5. The molecule has 1 aromatic heterocycles. The lowest BCUT2D eigenvalue weighted by atomic mass is 9.81. The maximum Gasteiger partial charge on any atom is 0.233 e. The molecule has 0 saturated carbocycles. The summed E-state index contributed by atoms with van der Waals surface area (Å²) < 4.78 is 0. The highest BCUT2D eigenvalue weighted by Gasteiger charge is 2.33. The van der Waals surface area contributed by atoms with Gasteiger partial charge in [-0.15, -0.1) is 11.3 Å². The van der Waals surface area contributed by atoms with Gasteiger partial charge in [0.05, 0.1) is 11.1 Å². The van der Waals surface area contributed by atoms with Gasteiger partial charge in [0.25, 0.3) is 0 Å². The number of amides is 1. The van der Waals surface area contributed by atoms with E-state index in [-0.39, 0.29) is 5.91 Å². The molecule has 0 aliphatic heterocycles. The summed E-state index contributed by atoms with van der Waals surface area (Å²) in [5.41, 5.74) is 6.36. The smallest absolute Gasteiger partial charge is 0.233 e. The molecule has 0 spiro atoms. The number of nitrogens with two attached hydrogens (primary N) is 1. The number of carbonyl (C=O) groups excluding carboxylic acids is 1. The SMILES string of the molecule is CCc1nc(NC(=O)C(CC)(CC)CN)sc1C. The lowest BCUT2D eigenvalue weighted by Crippen LogP contribution is -2.41. The quantitative estimate of drug-likeness (QED) is 0.834. The zero-order valence-electron chi connectivity index (χ0n) is 11.7. The molecule has 0 aliphatic rings. The van der Waals surface area contributed by atoms with Gasteiger partial charge >= 0.3 is 0 Å². The van der Waals surface area contributed by atoms with Crippen LogP contribution < -0.4 is 11.1 Å². The molecule has 4 nitrogen and oxygen atoms in total. The third-order valence-electron chi connectivity index (χ3n) is 3.67. The van der Waals surface area contributed by atoms with Crippen LogP contribution in [0.15, 0.2) is 0 Å². The lowest BCUT2D eigenvalue weighted by Gasteiger charge is -2.27. The van der Waals surface area contributed by atoms with Crippen LogP contribution in [0.4, 0.5) is 5.13 Å². The first-order valence-electron chi connectivity index (χ1n) is 6.50. The second-order valence-electron chi connectivity index (χ2n) is 4.52. The highest BCUT2D eigenvalue weighted by Crippen LogP contribution is 2.29. The van der Waals surface area contributed by atoms with Crippen molar-refractivity contribution < 1.29 is 4.79 Å². The lowest BCUT2D eigenvalue weighted by molar-refractivity contribution is -0.125. The van der Waals surface area contributed by atoms with Crippen LogP contribution in [-0.4, -0.2) is 17.4 Å². The van der Waals surface area contributed by atoms with E-state index in [0.717, 1.165) is 25.0 Å². The molecule has 0 unspecified atom stereocenters. The summed E-state index contributed by atoms with van der Waals surface area (Å²) in [5, 5.41) is 3.61. The third kappa shape index (κ3) is 2.90. The number of aromatic nitrogens is 1. The molecule has 0 radical (unpaired) electrons. The van der Waals surface area contributed by atoms with Gasteiger partial charge in [0.2, 0.25) is 5.91 Å². The monoisotopic (exact) mass is 269 g/mol. The molecular formula is C13H23N3OS. The van der Waals surface area contributed by atoms with Crippen molar-refractivity contribution in [2.24, 2.45) is 11.1 Å². The topological polar surface area (TPSA) is 68.0 Å². The van der Waals surface area contributed by atoms with Gasteiger partial charge in [0.15, 0.2) is 5.13 Å². The Morgan fingerprint density at radius 1 is 1.39 bits per heavy atom. The molecule has 1 aromatic rings. The van der Waals surface area contributed by atoms with Crippen molar-refractivity contribution >= 4 is 22.4 Å². The van der Waals surface area contributed by atoms with Gasteiger partial charge in [-0.25, -0.2) is 4.98 Å². The van der Waals surface area contributed by atoms with Crippen LogP contribution >= 0.6 is 11.3 Å². The summed E-state index contributed by atoms with van der Waals surface area (Å²) in [6.07, 6.45) is 2.38. The molecule has 3 N–H and O–H groups in total. The minimum atomic E-state index is -0.466. The fraction of sp³-hybridized carbons (Fsp3) is 0.692. The Kier molecular flexibility index (Phi) is 5.28. The normalized spacial score (nSPS) is 11.6. The van der Waals surface area contributed by atoms with Crippen molar-refractivity contribution in [3.05, 3.63) is 10.6 Å². The van der Waals surface area contributed by atoms with Gasteiger partial charge in [-0.05, 0) is 26.2 Å². The number of nitrogens with one attached hydrogen (secondary N) is 1. The molecule has 5 heteroatoms. The number of carbonyl (C=O) groups is 1. The predicted octanol–water partition coefficient (Wildman–Crippen LogP) is 2.72. The van der Waals surface area contributed by atoms with E-state index in [1.165, 1.54) is 16.2 Å². The maximum atomic E-state index is 12.3. The summed E-state index contributed by atoms with van der Waals surface area (Å²) in [6, 6.07) is 0. The number of rotatable bonds is 6. The van der Waals surface area contributed by atoms with E-state index in [9.17, 15) is 4.79 Å². The Bertz CT molecular complexity index is 402. The van der Waals surface area contributed by atoms with Gasteiger partial charge in [-0.2, -0.15) is 0 Å². The molecule has 1 rings (SSSR count). The molecule has 0 bridgehead atoms. The van der Waals surface area contributed by atoms with Crippen molar-refractivity contribution in [3.63, 3.8) is 0 Å². The second kappa shape index (κ2) is 6.29. The van der Waals surface area contributed by atoms with Gasteiger partial charge in [-0.3, -0.25) is 4.79 Å². The van der Waals surface area contributed by atoms with E-state index >= 15 is 0 Å². The Labute approximate surface area is 113 Å². The van der Waals surface area contributed by atoms with Crippen molar-refractivity contribution in [2.45, 2.75) is 47.0 Å². The average Bonchev–Trinajstić information content (AvgIpc) is 2.72. The summed E-state index contributed by atoms with van der Waals surface area (Å²) in [6.45, 7) is 8.47. The number of thiazole rings is 1. The summed E-state index contributed by atoms with van der Waals surface area (Å²) >= 11 is 1.53. The molecule has 1 amide bonds. The standard InChI is InChI=1S/C13H23N3OS/c1-5-10-9(4)18-12(15-10)16-11(17)13(6-2,7-3)8-14/h5-8,14H2,1-4H3,(H,15,16,17). The van der Waals surface area contributed by atoms with Crippen molar-refractivity contribution in [1.29, 1.82) is 0 Å². The van der Waals surface area contributed by atoms with E-state index in [4.69, 9.17) is 5.73 Å². The molecule has 0 aliphatic carbocycles. The number of nitrogens with zero attached hydrogens (tertiary/aromatic N) is 1. The number of aryl methyl sites for hydroxylation is 2. The van der Waals surface area contributed by atoms with E-state index < -0.39 is 5.41 Å². The minimum Gasteiger partial charge on any atom is -0.329 e. The number of anilines is 1. The fourth-order valence-electron chi connectivity index (χ4n) is 1.99. The van der Waals surface area contributed by atoms with Crippen LogP contribution in [0, 0.1) is 12.3 Å². The van der Waals surface area contributed by atoms with Crippen LogP contribution in [0.2, 0.25) is 0 Å². The summed E-state index contributed by atoms with van der Waals surface area (Å²) in [7, 11) is 0. The first-order valence-corrected chi connectivity index (χ1v) is 7.32. The molecule has 18 heavy (non-hydrogen) atoms. The predicted molar refractivity (Wildman–Crippen MR) is 76.9 cm³/mol. The highest BCUT2D eigenvalue weighted by molar-refractivity contribution is 7.15. The van der Waals surface area contributed by atoms with Gasteiger partial charge in [0.1, 0.15) is 0 Å². The average molecular weight is 269 g/mol. The summed E-state index contributed by atoms with van der Waals surface area (Å²) in [4.78, 5) is 17.9. The van der Waals surface area contributed by atoms with Crippen LogP contribution in [-0.2, 0) is 11.2 Å². The second-order valence-corrected chi connectivity index (χ2v) is 5.72. The van der Waals surface area contributed by atoms with Crippen molar-refractivity contribution in [2.75, 3.05) is 11.9 Å². The first kappa shape index (κ1) is 15.1. The molecular weight excluding hydrogens is 246 g/mol. The molecule has 0 aromatic carbocycles. The third-order valence-corrected chi connectivity index (χ3v) is 4.60. The van der Waals surface area contributed by atoms with Gasteiger partial charge in [0, 0.05) is 11.4 Å². The van der Waals surface area contributed by atoms with E-state index in [1.807, 2.05) is 20.8 Å². The minimum absolute atomic E-state index is 0.00796. The molecule has 0 fully saturated rings. The van der Waals surface area contributed by atoms with E-state index in [2.05, 4.69) is 17.2 Å². The number of hydrogen-bond acceptors (Lipinski definition) is 4. The largest absolute Gasteiger partial charge is 0.329 e. The van der Waals surface area contributed by atoms with Gasteiger partial charge < -0.3 is 11.1 Å². The highest BCUT2D eigenvalue weighted by atomic mass is 32.1. The Morgan fingerprint density at radius 2 is 2.00 bits per heavy atom. The molecule has 0 atom stereocenters. The van der Waals surface area contributed by atoms with Gasteiger partial charge in [-0.1, -0.05) is 20.8 Å². The van der Waals surface area contributed by atoms with Crippen LogP contribution in [0.1, 0.15) is 44.2 Å². The fourth-order valence-corrected chi connectivity index (χ4v) is 2.89.